The molecule has 0 aromatic heterocycles. The van der Waals surface area contributed by atoms with Crippen molar-refractivity contribution < 1.29 is 23.2 Å². The number of benzene rings is 1. The van der Waals surface area contributed by atoms with Gasteiger partial charge in [-0.2, -0.15) is 8.78 Å². The highest BCUT2D eigenvalue weighted by atomic mass is 79.9. The molecule has 0 aliphatic rings. The Morgan fingerprint density at radius 3 is 2.53 bits per heavy atom. The molecule has 0 bridgehead atoms. The number of nitro benzene ring substituents is 1. The minimum Gasteiger partial charge on any atom is -0.433 e. The number of ketones is 1. The molecule has 1 aromatic carbocycles. The topological polar surface area (TPSA) is 69.4 Å². The van der Waals surface area contributed by atoms with Crippen molar-refractivity contribution in [1.29, 1.82) is 0 Å². The second-order valence-corrected chi connectivity index (χ2v) is 3.82. The number of carbonyl (C=O) groups is 1. The summed E-state index contributed by atoms with van der Waals surface area (Å²) in [5.41, 5.74) is -1.05. The molecule has 0 fully saturated rings. The van der Waals surface area contributed by atoms with E-state index in [9.17, 15) is 23.7 Å². The van der Waals surface area contributed by atoms with Crippen LogP contribution in [0, 0.1) is 10.1 Å². The van der Waals surface area contributed by atoms with E-state index in [0.717, 1.165) is 13.0 Å². The number of ether oxygens (including phenoxy) is 1. The summed E-state index contributed by atoms with van der Waals surface area (Å²) in [5.74, 6) is -1.25. The van der Waals surface area contributed by atoms with E-state index in [1.807, 2.05) is 0 Å². The highest BCUT2D eigenvalue weighted by Gasteiger charge is 2.26. The molecule has 0 atom stereocenters. The molecular formula is C9H6BrF2NO4. The lowest BCUT2D eigenvalue weighted by molar-refractivity contribution is -0.385. The molecule has 0 radical (unpaired) electrons. The summed E-state index contributed by atoms with van der Waals surface area (Å²) in [7, 11) is 0. The number of hydrogen-bond donors (Lipinski definition) is 0. The third-order valence-corrected chi connectivity index (χ3v) is 2.47. The van der Waals surface area contributed by atoms with Crippen LogP contribution in [0.25, 0.3) is 0 Å². The van der Waals surface area contributed by atoms with Crippen molar-refractivity contribution >= 4 is 27.4 Å². The molecule has 92 valence electrons. The number of nitrogens with zero attached hydrogens (tertiary/aromatic N) is 1. The molecule has 0 N–H and O–H groups in total. The van der Waals surface area contributed by atoms with Gasteiger partial charge in [0.1, 0.15) is 5.56 Å². The van der Waals surface area contributed by atoms with Crippen molar-refractivity contribution in [2.24, 2.45) is 0 Å². The summed E-state index contributed by atoms with van der Waals surface area (Å²) in [4.78, 5) is 21.1. The average Bonchev–Trinajstić information content (AvgIpc) is 2.19. The van der Waals surface area contributed by atoms with Crippen LogP contribution in [0.3, 0.4) is 0 Å². The van der Waals surface area contributed by atoms with E-state index in [1.165, 1.54) is 6.07 Å². The second kappa shape index (κ2) is 5.17. The first-order valence-electron chi connectivity index (χ1n) is 4.27. The molecule has 0 heterocycles. The van der Waals surface area contributed by atoms with Gasteiger partial charge in [0, 0.05) is 6.07 Å². The van der Waals surface area contributed by atoms with Crippen molar-refractivity contribution in [3.8, 4) is 5.75 Å². The predicted molar refractivity (Wildman–Crippen MR) is 57.4 cm³/mol. The fourth-order valence-electron chi connectivity index (χ4n) is 1.24. The lowest BCUT2D eigenvalue weighted by Crippen LogP contribution is -2.09. The molecule has 0 saturated heterocycles. The molecule has 0 spiro atoms. The maximum Gasteiger partial charge on any atom is 0.387 e. The van der Waals surface area contributed by atoms with E-state index in [2.05, 4.69) is 20.7 Å². The van der Waals surface area contributed by atoms with E-state index in [-0.39, 0.29) is 4.47 Å². The Morgan fingerprint density at radius 1 is 1.53 bits per heavy atom. The van der Waals surface area contributed by atoms with Gasteiger partial charge in [-0.25, -0.2) is 0 Å². The van der Waals surface area contributed by atoms with Crippen LogP contribution in [-0.2, 0) is 0 Å². The maximum atomic E-state index is 12.2. The van der Waals surface area contributed by atoms with Gasteiger partial charge in [-0.15, -0.1) is 0 Å². The largest absolute Gasteiger partial charge is 0.433 e. The van der Waals surface area contributed by atoms with E-state index in [4.69, 9.17) is 0 Å². The predicted octanol–water partition coefficient (Wildman–Crippen LogP) is 3.16. The molecule has 5 nitrogen and oxygen atoms in total. The van der Waals surface area contributed by atoms with Crippen LogP contribution in [0.4, 0.5) is 14.5 Å². The van der Waals surface area contributed by atoms with Crippen molar-refractivity contribution in [2.75, 3.05) is 0 Å². The quantitative estimate of drug-likeness (QED) is 0.486. The highest BCUT2D eigenvalue weighted by molar-refractivity contribution is 9.10. The van der Waals surface area contributed by atoms with E-state index in [0.29, 0.717) is 0 Å². The van der Waals surface area contributed by atoms with Crippen molar-refractivity contribution in [3.05, 3.63) is 32.3 Å². The molecular weight excluding hydrogens is 304 g/mol. The molecule has 0 aliphatic heterocycles. The number of Topliss-reactive ketones (excluding diaryl/α,β-unsaturated/α-hetero) is 1. The number of nitro groups is 1. The molecule has 0 unspecified atom stereocenters. The van der Waals surface area contributed by atoms with Gasteiger partial charge in [0.2, 0.25) is 0 Å². The van der Waals surface area contributed by atoms with Gasteiger partial charge >= 0.3 is 6.61 Å². The summed E-state index contributed by atoms with van der Waals surface area (Å²) >= 11 is 2.89. The van der Waals surface area contributed by atoms with E-state index >= 15 is 0 Å². The Morgan fingerprint density at radius 2 is 2.12 bits per heavy atom. The van der Waals surface area contributed by atoms with Gasteiger partial charge < -0.3 is 4.74 Å². The number of alkyl halides is 2. The summed E-state index contributed by atoms with van der Waals surface area (Å²) in [6.45, 7) is -2.14. The third-order valence-electron chi connectivity index (χ3n) is 1.84. The van der Waals surface area contributed by atoms with E-state index < -0.39 is 34.3 Å². The number of hydrogen-bond acceptors (Lipinski definition) is 4. The maximum absolute atomic E-state index is 12.2. The van der Waals surface area contributed by atoms with Gasteiger partial charge in [0.15, 0.2) is 11.5 Å². The van der Waals surface area contributed by atoms with Crippen LogP contribution in [0.1, 0.15) is 17.3 Å². The summed E-state index contributed by atoms with van der Waals surface area (Å²) in [5, 5.41) is 10.7. The van der Waals surface area contributed by atoms with Gasteiger partial charge in [-0.1, -0.05) is 0 Å². The highest BCUT2D eigenvalue weighted by Crippen LogP contribution is 2.36. The van der Waals surface area contributed by atoms with Crippen LogP contribution >= 0.6 is 15.9 Å². The van der Waals surface area contributed by atoms with Crippen LogP contribution in [0.15, 0.2) is 16.6 Å². The lowest BCUT2D eigenvalue weighted by atomic mass is 10.1. The van der Waals surface area contributed by atoms with Gasteiger partial charge in [0.05, 0.1) is 9.40 Å². The Balaban J connectivity index is 3.48. The van der Waals surface area contributed by atoms with Gasteiger partial charge in [0.25, 0.3) is 5.69 Å². The summed E-state index contributed by atoms with van der Waals surface area (Å²) < 4.78 is 28.5. The minimum absolute atomic E-state index is 0.0496. The normalized spacial score (nSPS) is 10.4. The minimum atomic E-state index is -3.17. The van der Waals surface area contributed by atoms with Crippen molar-refractivity contribution in [3.63, 3.8) is 0 Å². The Bertz CT molecular complexity index is 478. The fraction of sp³-hybridized carbons (Fsp3) is 0.222. The number of carbonyl (C=O) groups excluding carboxylic acids is 1. The molecule has 0 saturated carbocycles. The third kappa shape index (κ3) is 2.96. The fourth-order valence-corrected chi connectivity index (χ4v) is 1.67. The zero-order chi connectivity index (χ0) is 13.2. The smallest absolute Gasteiger partial charge is 0.387 e. The number of rotatable bonds is 4. The zero-order valence-electron chi connectivity index (χ0n) is 8.45. The molecule has 17 heavy (non-hydrogen) atoms. The summed E-state index contributed by atoms with van der Waals surface area (Å²) in [6.07, 6.45) is 0. The SMILES string of the molecule is CC(=O)c1c([N+](=O)[O-])ccc(Br)c1OC(F)F. The van der Waals surface area contributed by atoms with Crippen LogP contribution in [0.5, 0.6) is 5.75 Å². The first-order chi connectivity index (χ1) is 7.84. The molecule has 0 amide bonds. The average molecular weight is 310 g/mol. The second-order valence-electron chi connectivity index (χ2n) is 2.96. The van der Waals surface area contributed by atoms with Gasteiger partial charge in [-0.05, 0) is 28.9 Å². The van der Waals surface area contributed by atoms with Crippen molar-refractivity contribution in [2.45, 2.75) is 13.5 Å². The van der Waals surface area contributed by atoms with E-state index in [1.54, 1.807) is 0 Å². The number of halogens is 3. The molecule has 1 aromatic rings. The van der Waals surface area contributed by atoms with Gasteiger partial charge in [-0.3, -0.25) is 14.9 Å². The first-order valence-corrected chi connectivity index (χ1v) is 5.06. The standard InChI is InChI=1S/C9H6BrF2NO4/c1-4(14)7-6(13(15)16)3-2-5(10)8(7)17-9(11)12/h2-3,9H,1H3. The van der Waals surface area contributed by atoms with Crippen LogP contribution in [-0.4, -0.2) is 17.3 Å². The molecule has 8 heteroatoms. The Labute approximate surface area is 103 Å². The lowest BCUT2D eigenvalue weighted by Gasteiger charge is -2.10. The van der Waals surface area contributed by atoms with Crippen LogP contribution in [0.2, 0.25) is 0 Å². The first kappa shape index (κ1) is 13.5. The van der Waals surface area contributed by atoms with Crippen LogP contribution < -0.4 is 4.74 Å². The molecule has 1 rings (SSSR count). The monoisotopic (exact) mass is 309 g/mol. The Kier molecular flexibility index (Phi) is 4.11. The molecule has 0 aliphatic carbocycles. The Hall–Kier alpha value is -1.57. The zero-order valence-corrected chi connectivity index (χ0v) is 10.0. The van der Waals surface area contributed by atoms with Crippen molar-refractivity contribution in [1.82, 2.24) is 0 Å². The summed E-state index contributed by atoms with van der Waals surface area (Å²) in [6, 6.07) is 2.21.